The molecule has 1 saturated heterocycles. The summed E-state index contributed by atoms with van der Waals surface area (Å²) in [7, 11) is 0. The number of nitrogens with zero attached hydrogens (tertiary/aromatic N) is 1. The Balaban J connectivity index is 1.68. The number of alkyl halides is 3. The molecular formula is C18H17ClF3N3O2. The van der Waals surface area contributed by atoms with E-state index in [0.29, 0.717) is 37.6 Å². The minimum Gasteiger partial charge on any atom is -0.381 e. The molecule has 2 aromatic rings. The molecular weight excluding hydrogens is 383 g/mol. The molecule has 1 aliphatic rings. The topological polar surface area (TPSA) is 63.2 Å². The lowest BCUT2D eigenvalue weighted by atomic mass is 9.99. The fraction of sp³-hybridized carbons (Fsp3) is 0.333. The molecule has 9 heteroatoms. The highest BCUT2D eigenvalue weighted by Gasteiger charge is 2.33. The number of benzene rings is 1. The Bertz CT molecular complexity index is 806. The van der Waals surface area contributed by atoms with Gasteiger partial charge in [0.1, 0.15) is 5.82 Å². The average molecular weight is 400 g/mol. The summed E-state index contributed by atoms with van der Waals surface area (Å²) in [6.07, 6.45) is -1.88. The molecule has 0 bridgehead atoms. The van der Waals surface area contributed by atoms with Crippen molar-refractivity contribution in [3.63, 3.8) is 0 Å². The first-order chi connectivity index (χ1) is 12.8. The molecule has 27 heavy (non-hydrogen) atoms. The summed E-state index contributed by atoms with van der Waals surface area (Å²) in [4.78, 5) is 16.3. The van der Waals surface area contributed by atoms with Gasteiger partial charge in [-0.2, -0.15) is 13.2 Å². The maximum Gasteiger partial charge on any atom is 0.418 e. The van der Waals surface area contributed by atoms with Crippen LogP contribution < -0.4 is 10.6 Å². The van der Waals surface area contributed by atoms with Gasteiger partial charge < -0.3 is 15.4 Å². The number of hydrogen-bond donors (Lipinski definition) is 2. The third-order valence-electron chi connectivity index (χ3n) is 4.17. The highest BCUT2D eigenvalue weighted by molar-refractivity contribution is 6.30. The van der Waals surface area contributed by atoms with Crippen molar-refractivity contribution in [2.75, 3.05) is 23.8 Å². The van der Waals surface area contributed by atoms with Gasteiger partial charge in [0.15, 0.2) is 0 Å². The van der Waals surface area contributed by atoms with Gasteiger partial charge >= 0.3 is 6.18 Å². The Morgan fingerprint density at radius 3 is 2.56 bits per heavy atom. The fourth-order valence-corrected chi connectivity index (χ4v) is 2.92. The van der Waals surface area contributed by atoms with Crippen LogP contribution in [0.25, 0.3) is 0 Å². The number of pyridine rings is 1. The molecule has 5 nitrogen and oxygen atoms in total. The highest BCUT2D eigenvalue weighted by Crippen LogP contribution is 2.37. The van der Waals surface area contributed by atoms with Crippen LogP contribution >= 0.6 is 11.6 Å². The molecule has 3 rings (SSSR count). The number of carbonyl (C=O) groups is 1. The molecule has 1 fully saturated rings. The first kappa shape index (κ1) is 19.4. The average Bonchev–Trinajstić information content (AvgIpc) is 2.64. The molecule has 0 saturated carbocycles. The first-order valence-corrected chi connectivity index (χ1v) is 8.69. The van der Waals surface area contributed by atoms with Gasteiger partial charge in [-0.05, 0) is 43.2 Å². The van der Waals surface area contributed by atoms with E-state index in [0.717, 1.165) is 6.07 Å². The number of rotatable bonds is 4. The molecule has 0 atom stereocenters. The van der Waals surface area contributed by atoms with E-state index in [1.165, 1.54) is 24.4 Å². The minimum atomic E-state index is -4.54. The second kappa shape index (κ2) is 8.14. The third kappa shape index (κ3) is 5.11. The van der Waals surface area contributed by atoms with Gasteiger partial charge in [-0.1, -0.05) is 11.6 Å². The largest absolute Gasteiger partial charge is 0.418 e. The summed E-state index contributed by atoms with van der Waals surface area (Å²) in [5, 5.41) is 5.39. The van der Waals surface area contributed by atoms with Crippen LogP contribution in [0.4, 0.5) is 30.4 Å². The lowest BCUT2D eigenvalue weighted by Gasteiger charge is -2.21. The highest BCUT2D eigenvalue weighted by atomic mass is 35.5. The zero-order valence-corrected chi connectivity index (χ0v) is 14.9. The second-order valence-corrected chi connectivity index (χ2v) is 6.56. The van der Waals surface area contributed by atoms with E-state index in [4.69, 9.17) is 16.3 Å². The van der Waals surface area contributed by atoms with Gasteiger partial charge in [-0.3, -0.25) is 4.79 Å². The van der Waals surface area contributed by atoms with E-state index in [1.807, 2.05) is 0 Å². The zero-order chi connectivity index (χ0) is 19.4. The van der Waals surface area contributed by atoms with E-state index >= 15 is 0 Å². The smallest absolute Gasteiger partial charge is 0.381 e. The quantitative estimate of drug-likeness (QED) is 0.770. The number of halogens is 4. The number of ether oxygens (including phenoxy) is 1. The standard InChI is InChI=1S/C18H17ClF3N3O2/c19-12-1-3-15(14(9-12)18(20,21)22)24-13-2-4-16(23-10-13)25-17(26)11-5-7-27-8-6-11/h1-4,9-11,24H,5-8H2,(H,23,25,26). The Kier molecular flexibility index (Phi) is 5.86. The van der Waals surface area contributed by atoms with E-state index in [2.05, 4.69) is 15.6 Å². The van der Waals surface area contributed by atoms with Gasteiger partial charge in [-0.15, -0.1) is 0 Å². The van der Waals surface area contributed by atoms with Gasteiger partial charge in [0.05, 0.1) is 23.1 Å². The van der Waals surface area contributed by atoms with Gasteiger partial charge in [0.2, 0.25) is 5.91 Å². The van der Waals surface area contributed by atoms with E-state index in [1.54, 1.807) is 6.07 Å². The predicted octanol–water partition coefficient (Wildman–Crippen LogP) is 4.86. The predicted molar refractivity (Wildman–Crippen MR) is 96.1 cm³/mol. The molecule has 1 amide bonds. The Morgan fingerprint density at radius 1 is 1.19 bits per heavy atom. The summed E-state index contributed by atoms with van der Waals surface area (Å²) in [6, 6.07) is 6.56. The lowest BCUT2D eigenvalue weighted by molar-refractivity contribution is -0.137. The molecule has 0 unspecified atom stereocenters. The number of carbonyl (C=O) groups excluding carboxylic acids is 1. The van der Waals surface area contributed by atoms with Gasteiger partial charge in [0.25, 0.3) is 0 Å². The van der Waals surface area contributed by atoms with Crippen molar-refractivity contribution in [3.8, 4) is 0 Å². The van der Waals surface area contributed by atoms with Crippen LogP contribution in [0.1, 0.15) is 18.4 Å². The van der Waals surface area contributed by atoms with Crippen LogP contribution in [0.2, 0.25) is 5.02 Å². The maximum absolute atomic E-state index is 13.1. The Morgan fingerprint density at radius 2 is 1.93 bits per heavy atom. The number of nitrogens with one attached hydrogen (secondary N) is 2. The van der Waals surface area contributed by atoms with Crippen molar-refractivity contribution < 1.29 is 22.7 Å². The van der Waals surface area contributed by atoms with E-state index in [9.17, 15) is 18.0 Å². The molecule has 1 aromatic heterocycles. The van der Waals surface area contributed by atoms with Crippen molar-refractivity contribution in [2.45, 2.75) is 19.0 Å². The molecule has 0 aliphatic carbocycles. The van der Waals surface area contributed by atoms with E-state index < -0.39 is 11.7 Å². The normalized spacial score (nSPS) is 15.4. The second-order valence-electron chi connectivity index (χ2n) is 6.12. The van der Waals surface area contributed by atoms with Gasteiger partial charge in [0, 0.05) is 24.2 Å². The summed E-state index contributed by atoms with van der Waals surface area (Å²) in [5.41, 5.74) is -0.647. The summed E-state index contributed by atoms with van der Waals surface area (Å²) >= 11 is 5.67. The summed E-state index contributed by atoms with van der Waals surface area (Å²) in [6.45, 7) is 1.11. The molecule has 1 aliphatic heterocycles. The SMILES string of the molecule is O=C(Nc1ccc(Nc2ccc(Cl)cc2C(F)(F)F)cn1)C1CCOCC1. The maximum atomic E-state index is 13.1. The number of aromatic nitrogens is 1. The van der Waals surface area contributed by atoms with Crippen molar-refractivity contribution in [3.05, 3.63) is 47.1 Å². The minimum absolute atomic E-state index is 0.00262. The summed E-state index contributed by atoms with van der Waals surface area (Å²) < 4.78 is 44.7. The van der Waals surface area contributed by atoms with Crippen molar-refractivity contribution >= 4 is 34.7 Å². The van der Waals surface area contributed by atoms with Crippen LogP contribution in [0.15, 0.2) is 36.5 Å². The molecule has 144 valence electrons. The van der Waals surface area contributed by atoms with Gasteiger partial charge in [-0.25, -0.2) is 4.98 Å². The molecule has 2 N–H and O–H groups in total. The summed E-state index contributed by atoms with van der Waals surface area (Å²) in [5.74, 6) is 0.0783. The van der Waals surface area contributed by atoms with Crippen LogP contribution in [0.3, 0.4) is 0 Å². The number of amides is 1. The first-order valence-electron chi connectivity index (χ1n) is 8.31. The van der Waals surface area contributed by atoms with Crippen LogP contribution in [-0.2, 0) is 15.7 Å². The lowest BCUT2D eigenvalue weighted by Crippen LogP contribution is -2.28. The molecule has 2 heterocycles. The van der Waals surface area contributed by atoms with Crippen LogP contribution in [0, 0.1) is 5.92 Å². The number of hydrogen-bond acceptors (Lipinski definition) is 4. The molecule has 1 aromatic carbocycles. The fourth-order valence-electron chi connectivity index (χ4n) is 2.75. The van der Waals surface area contributed by atoms with Crippen LogP contribution in [-0.4, -0.2) is 24.1 Å². The monoisotopic (exact) mass is 399 g/mol. The Hall–Kier alpha value is -2.32. The number of anilines is 3. The molecule has 0 radical (unpaired) electrons. The van der Waals surface area contributed by atoms with Crippen molar-refractivity contribution in [1.29, 1.82) is 0 Å². The Labute approximate surface area is 158 Å². The third-order valence-corrected chi connectivity index (χ3v) is 4.41. The zero-order valence-electron chi connectivity index (χ0n) is 14.1. The van der Waals surface area contributed by atoms with Crippen molar-refractivity contribution in [2.24, 2.45) is 5.92 Å². The van der Waals surface area contributed by atoms with E-state index in [-0.39, 0.29) is 22.5 Å². The molecule has 0 spiro atoms. The van der Waals surface area contributed by atoms with Crippen LogP contribution in [0.5, 0.6) is 0 Å². The van der Waals surface area contributed by atoms with Crippen molar-refractivity contribution in [1.82, 2.24) is 4.98 Å².